The van der Waals surface area contributed by atoms with Gasteiger partial charge in [-0.2, -0.15) is 0 Å². The number of fused-ring (bicyclic) bond motifs is 1. The van der Waals surface area contributed by atoms with Gasteiger partial charge in [-0.05, 0) is 43.7 Å². The zero-order valence-corrected chi connectivity index (χ0v) is 15.3. The van der Waals surface area contributed by atoms with Crippen molar-refractivity contribution in [2.75, 3.05) is 5.32 Å². The number of ether oxygens (including phenoxy) is 1. The molecule has 1 aromatic heterocycles. The van der Waals surface area contributed by atoms with Crippen molar-refractivity contribution in [1.29, 1.82) is 0 Å². The lowest BCUT2D eigenvalue weighted by Gasteiger charge is -2.17. The van der Waals surface area contributed by atoms with Crippen LogP contribution >= 0.6 is 11.3 Å². The third-order valence-corrected chi connectivity index (χ3v) is 4.96. The number of benzene rings is 2. The number of aromatic nitrogens is 1. The number of para-hydroxylation sites is 1. The molecular weight excluding hydrogens is 355 g/mol. The maximum absolute atomic E-state index is 13.7. The molecule has 26 heavy (non-hydrogen) atoms. The van der Waals surface area contributed by atoms with E-state index in [1.807, 2.05) is 13.0 Å². The molecule has 0 bridgehead atoms. The van der Waals surface area contributed by atoms with E-state index in [0.29, 0.717) is 18.7 Å². The first kappa shape index (κ1) is 18.1. The van der Waals surface area contributed by atoms with Gasteiger partial charge >= 0.3 is 4.87 Å². The molecule has 0 saturated carbocycles. The van der Waals surface area contributed by atoms with Crippen molar-refractivity contribution in [3.05, 3.63) is 57.9 Å². The summed E-state index contributed by atoms with van der Waals surface area (Å²) in [6.45, 7) is 4.30. The summed E-state index contributed by atoms with van der Waals surface area (Å²) < 4.78 is 21.7. The predicted molar refractivity (Wildman–Crippen MR) is 101 cm³/mol. The highest BCUT2D eigenvalue weighted by Crippen LogP contribution is 2.23. The summed E-state index contributed by atoms with van der Waals surface area (Å²) >= 11 is 1.14. The summed E-state index contributed by atoms with van der Waals surface area (Å²) in [5.41, 5.74) is 1.41. The number of carbonyl (C=O) groups excluding carboxylic acids is 1. The second kappa shape index (κ2) is 7.70. The Labute approximate surface area is 154 Å². The average Bonchev–Trinajstić information content (AvgIpc) is 2.95. The van der Waals surface area contributed by atoms with E-state index in [0.717, 1.165) is 21.6 Å². The zero-order chi connectivity index (χ0) is 18.7. The van der Waals surface area contributed by atoms with Crippen LogP contribution in [0, 0.1) is 5.82 Å². The van der Waals surface area contributed by atoms with E-state index in [-0.39, 0.29) is 16.5 Å². The van der Waals surface area contributed by atoms with Gasteiger partial charge in [0.05, 0.1) is 10.2 Å². The van der Waals surface area contributed by atoms with E-state index in [2.05, 4.69) is 5.32 Å². The molecule has 3 rings (SSSR count). The smallest absolute Gasteiger partial charge is 0.308 e. The van der Waals surface area contributed by atoms with Crippen molar-refractivity contribution in [2.45, 2.75) is 32.9 Å². The van der Waals surface area contributed by atoms with Gasteiger partial charge < -0.3 is 10.1 Å². The molecule has 7 heteroatoms. The number of thiazole rings is 1. The minimum absolute atomic E-state index is 0.0275. The van der Waals surface area contributed by atoms with Gasteiger partial charge in [0.1, 0.15) is 0 Å². The maximum Gasteiger partial charge on any atom is 0.308 e. The minimum Gasteiger partial charge on any atom is -0.478 e. The fourth-order valence-corrected chi connectivity index (χ4v) is 3.68. The second-order valence-corrected chi connectivity index (χ2v) is 6.72. The Morgan fingerprint density at radius 1 is 1.27 bits per heavy atom. The van der Waals surface area contributed by atoms with Crippen LogP contribution in [0.2, 0.25) is 0 Å². The summed E-state index contributed by atoms with van der Waals surface area (Å²) in [7, 11) is 0. The molecule has 1 atom stereocenters. The van der Waals surface area contributed by atoms with E-state index >= 15 is 0 Å². The van der Waals surface area contributed by atoms with Gasteiger partial charge in [0, 0.05) is 12.2 Å². The van der Waals surface area contributed by atoms with E-state index in [9.17, 15) is 14.0 Å². The van der Waals surface area contributed by atoms with E-state index in [1.54, 1.807) is 35.8 Å². The molecule has 0 saturated heterocycles. The molecule has 0 fully saturated rings. The molecule has 3 aromatic rings. The lowest BCUT2D eigenvalue weighted by Crippen LogP contribution is -2.32. The van der Waals surface area contributed by atoms with Crippen LogP contribution in [0.5, 0.6) is 5.75 Å². The Morgan fingerprint density at radius 2 is 2.04 bits per heavy atom. The molecule has 2 aromatic carbocycles. The first-order valence-corrected chi connectivity index (χ1v) is 9.20. The number of amides is 1. The third kappa shape index (κ3) is 3.62. The number of halogens is 1. The Bertz CT molecular complexity index is 996. The predicted octanol–water partition coefficient (Wildman–Crippen LogP) is 4.02. The molecule has 136 valence electrons. The normalized spacial score (nSPS) is 12.1. The first-order chi connectivity index (χ1) is 12.5. The molecule has 1 unspecified atom stereocenters. The number of rotatable bonds is 6. The fourth-order valence-electron chi connectivity index (χ4n) is 2.68. The third-order valence-electron chi connectivity index (χ3n) is 4.02. The van der Waals surface area contributed by atoms with E-state index in [1.165, 1.54) is 12.1 Å². The van der Waals surface area contributed by atoms with Gasteiger partial charge in [-0.3, -0.25) is 14.2 Å². The summed E-state index contributed by atoms with van der Waals surface area (Å²) in [5, 5.41) is 2.78. The lowest BCUT2D eigenvalue weighted by molar-refractivity contribution is -0.122. The Morgan fingerprint density at radius 3 is 2.73 bits per heavy atom. The number of anilines is 1. The van der Waals surface area contributed by atoms with Crippen LogP contribution in [-0.4, -0.2) is 16.6 Å². The van der Waals surface area contributed by atoms with Crippen molar-refractivity contribution < 1.29 is 13.9 Å². The molecule has 0 spiro atoms. The summed E-state index contributed by atoms with van der Waals surface area (Å²) in [5.74, 6) is -0.827. The molecule has 0 aliphatic carbocycles. The van der Waals surface area contributed by atoms with Gasteiger partial charge in [-0.15, -0.1) is 0 Å². The van der Waals surface area contributed by atoms with Crippen LogP contribution < -0.4 is 14.9 Å². The molecule has 0 radical (unpaired) electrons. The molecule has 1 N–H and O–H groups in total. The quantitative estimate of drug-likeness (QED) is 0.709. The fraction of sp³-hybridized carbons (Fsp3) is 0.263. The highest BCUT2D eigenvalue weighted by molar-refractivity contribution is 7.16. The van der Waals surface area contributed by atoms with Crippen molar-refractivity contribution in [3.63, 3.8) is 0 Å². The Balaban J connectivity index is 1.78. The molecular formula is C19H19FN2O3S. The molecule has 0 aliphatic heterocycles. The van der Waals surface area contributed by atoms with E-state index in [4.69, 9.17) is 4.74 Å². The van der Waals surface area contributed by atoms with Crippen molar-refractivity contribution in [1.82, 2.24) is 4.57 Å². The molecule has 1 amide bonds. The Hall–Kier alpha value is -2.67. The van der Waals surface area contributed by atoms with Crippen LogP contribution in [0.1, 0.15) is 20.3 Å². The van der Waals surface area contributed by atoms with Gasteiger partial charge in [-0.1, -0.05) is 30.4 Å². The summed E-state index contributed by atoms with van der Waals surface area (Å²) in [4.78, 5) is 24.4. The Kier molecular flexibility index (Phi) is 5.37. The molecule has 1 heterocycles. The monoisotopic (exact) mass is 374 g/mol. The first-order valence-electron chi connectivity index (χ1n) is 8.39. The maximum atomic E-state index is 13.7. The van der Waals surface area contributed by atoms with E-state index < -0.39 is 11.9 Å². The number of carbonyl (C=O) groups is 1. The highest BCUT2D eigenvalue weighted by atomic mass is 32.1. The minimum atomic E-state index is -0.818. The van der Waals surface area contributed by atoms with Gasteiger partial charge in [0.15, 0.2) is 17.7 Å². The topological polar surface area (TPSA) is 60.3 Å². The summed E-state index contributed by atoms with van der Waals surface area (Å²) in [6, 6.07) is 11.3. The highest BCUT2D eigenvalue weighted by Gasteiger charge is 2.20. The van der Waals surface area contributed by atoms with Gasteiger partial charge in [0.2, 0.25) is 0 Å². The van der Waals surface area contributed by atoms with Gasteiger partial charge in [0.25, 0.3) is 5.91 Å². The second-order valence-electron chi connectivity index (χ2n) is 5.73. The van der Waals surface area contributed by atoms with Crippen molar-refractivity contribution in [2.24, 2.45) is 0 Å². The van der Waals surface area contributed by atoms with Crippen molar-refractivity contribution >= 4 is 33.1 Å². The van der Waals surface area contributed by atoms with Crippen LogP contribution in [0.15, 0.2) is 47.3 Å². The number of hydrogen-bond acceptors (Lipinski definition) is 4. The average molecular weight is 374 g/mol. The zero-order valence-electron chi connectivity index (χ0n) is 14.5. The van der Waals surface area contributed by atoms with Crippen LogP contribution in [0.25, 0.3) is 10.2 Å². The number of nitrogens with zero attached hydrogens (tertiary/aromatic N) is 1. The van der Waals surface area contributed by atoms with Gasteiger partial charge in [-0.25, -0.2) is 4.39 Å². The van der Waals surface area contributed by atoms with Crippen LogP contribution in [0.3, 0.4) is 0 Å². The number of aryl methyl sites for hydroxylation is 1. The molecule has 0 aliphatic rings. The largest absolute Gasteiger partial charge is 0.478 e. The van der Waals surface area contributed by atoms with Crippen molar-refractivity contribution in [3.8, 4) is 5.75 Å². The van der Waals surface area contributed by atoms with Crippen LogP contribution in [0.4, 0.5) is 10.1 Å². The number of hydrogen-bond donors (Lipinski definition) is 1. The van der Waals surface area contributed by atoms with Crippen LogP contribution in [-0.2, 0) is 11.3 Å². The molecule has 5 nitrogen and oxygen atoms in total. The lowest BCUT2D eigenvalue weighted by atomic mass is 10.2. The standard InChI is InChI=1S/C19H19FN2O3S/c1-3-15(25-16-8-6-5-7-13(16)20)18(23)21-12-9-10-14-17(11-12)26-19(24)22(14)4-2/h5-11,15H,3-4H2,1-2H3,(H,21,23). The SMILES string of the molecule is CCC(Oc1ccccc1F)C(=O)Nc1ccc2c(c1)sc(=O)n2CC. The number of nitrogens with one attached hydrogen (secondary N) is 1. The summed E-state index contributed by atoms with van der Waals surface area (Å²) in [6.07, 6.45) is -0.427.